The van der Waals surface area contributed by atoms with Gasteiger partial charge in [0.1, 0.15) is 10.3 Å². The van der Waals surface area contributed by atoms with E-state index in [0.29, 0.717) is 12.1 Å². The normalized spacial score (nSPS) is 12.0. The number of hydrogen-bond acceptors (Lipinski definition) is 3. The van der Waals surface area contributed by atoms with Gasteiger partial charge in [0.15, 0.2) is 0 Å². The first-order chi connectivity index (χ1) is 8.85. The average molecular weight is 305 g/mol. The molecule has 0 saturated carbocycles. The maximum absolute atomic E-state index is 12.2. The summed E-state index contributed by atoms with van der Waals surface area (Å²) in [6.45, 7) is 3.85. The van der Waals surface area contributed by atoms with Crippen molar-refractivity contribution in [3.8, 4) is 0 Å². The van der Waals surface area contributed by atoms with Crippen molar-refractivity contribution in [1.82, 2.24) is 9.88 Å². The summed E-state index contributed by atoms with van der Waals surface area (Å²) in [5.41, 5.74) is 0.296. The van der Waals surface area contributed by atoms with Crippen LogP contribution in [0.15, 0.2) is 12.1 Å². The molecule has 19 heavy (non-hydrogen) atoms. The largest absolute Gasteiger partial charge is 0.481 e. The molecule has 0 aliphatic rings. The number of aromatic nitrogens is 1. The molecule has 7 heteroatoms. The molecule has 0 spiro atoms. The van der Waals surface area contributed by atoms with E-state index in [1.54, 1.807) is 13.8 Å². The molecule has 0 aliphatic carbocycles. The molecule has 1 aromatic rings. The molecule has 1 heterocycles. The number of amides is 1. The minimum atomic E-state index is -0.947. The number of aliphatic carboxylic acids is 1. The minimum Gasteiger partial charge on any atom is -0.481 e. The zero-order valence-electron chi connectivity index (χ0n) is 10.6. The van der Waals surface area contributed by atoms with E-state index in [9.17, 15) is 9.59 Å². The lowest BCUT2D eigenvalue weighted by atomic mass is 10.1. The number of carboxylic acid groups (broad SMARTS) is 1. The maximum Gasteiger partial charge on any atom is 0.308 e. The molecule has 0 radical (unpaired) electrons. The van der Waals surface area contributed by atoms with Gasteiger partial charge in [0, 0.05) is 18.7 Å². The molecule has 0 aromatic carbocycles. The smallest absolute Gasteiger partial charge is 0.308 e. The number of carboxylic acids is 1. The second kappa shape index (κ2) is 6.73. The Morgan fingerprint density at radius 1 is 1.37 bits per heavy atom. The van der Waals surface area contributed by atoms with Crippen LogP contribution in [0.5, 0.6) is 0 Å². The van der Waals surface area contributed by atoms with Crippen molar-refractivity contribution < 1.29 is 14.7 Å². The number of rotatable bonds is 5. The zero-order valence-corrected chi connectivity index (χ0v) is 12.1. The third-order valence-electron chi connectivity index (χ3n) is 2.59. The highest BCUT2D eigenvalue weighted by molar-refractivity contribution is 6.33. The van der Waals surface area contributed by atoms with Gasteiger partial charge >= 0.3 is 5.97 Å². The number of carbonyl (C=O) groups excluding carboxylic acids is 1. The molecule has 1 aromatic heterocycles. The van der Waals surface area contributed by atoms with Gasteiger partial charge < -0.3 is 10.0 Å². The van der Waals surface area contributed by atoms with Crippen molar-refractivity contribution in [1.29, 1.82) is 0 Å². The fourth-order valence-corrected chi connectivity index (χ4v) is 2.00. The Balaban J connectivity index is 2.92. The SMILES string of the molecule is CCN(CC(C)C(=O)O)C(=O)c1cc(Cl)nc(Cl)c1. The quantitative estimate of drug-likeness (QED) is 0.849. The Kier molecular flexibility index (Phi) is 5.57. The molecule has 104 valence electrons. The Hall–Kier alpha value is -1.33. The zero-order chi connectivity index (χ0) is 14.6. The Bertz CT molecular complexity index is 474. The van der Waals surface area contributed by atoms with Crippen molar-refractivity contribution in [2.45, 2.75) is 13.8 Å². The van der Waals surface area contributed by atoms with Crippen molar-refractivity contribution in [3.63, 3.8) is 0 Å². The van der Waals surface area contributed by atoms with Crippen LogP contribution in [0, 0.1) is 5.92 Å². The number of carbonyl (C=O) groups is 2. The summed E-state index contributed by atoms with van der Waals surface area (Å²) in [4.78, 5) is 28.2. The maximum atomic E-state index is 12.2. The Morgan fingerprint density at radius 2 is 1.89 bits per heavy atom. The molecule has 0 bridgehead atoms. The van der Waals surface area contributed by atoms with Crippen LogP contribution in [0.4, 0.5) is 0 Å². The van der Waals surface area contributed by atoms with Gasteiger partial charge in [0.25, 0.3) is 5.91 Å². The first kappa shape index (κ1) is 15.7. The summed E-state index contributed by atoms with van der Waals surface area (Å²) in [6.07, 6.45) is 0. The lowest BCUT2D eigenvalue weighted by Gasteiger charge is -2.23. The van der Waals surface area contributed by atoms with Gasteiger partial charge in [0.2, 0.25) is 0 Å². The summed E-state index contributed by atoms with van der Waals surface area (Å²) in [5.74, 6) is -1.91. The molecule has 1 N–H and O–H groups in total. The highest BCUT2D eigenvalue weighted by Crippen LogP contribution is 2.17. The van der Waals surface area contributed by atoms with Crippen molar-refractivity contribution in [2.24, 2.45) is 5.92 Å². The standard InChI is InChI=1S/C12H14Cl2N2O3/c1-3-16(6-7(2)12(18)19)11(17)8-4-9(13)15-10(14)5-8/h4-5,7H,3,6H2,1-2H3,(H,18,19). The average Bonchev–Trinajstić information content (AvgIpc) is 2.33. The van der Waals surface area contributed by atoms with Gasteiger partial charge in [-0.25, -0.2) is 4.98 Å². The monoisotopic (exact) mass is 304 g/mol. The lowest BCUT2D eigenvalue weighted by Crippen LogP contribution is -2.36. The topological polar surface area (TPSA) is 70.5 Å². The fourth-order valence-electron chi connectivity index (χ4n) is 1.54. The number of halogens is 2. The third kappa shape index (κ3) is 4.36. The summed E-state index contributed by atoms with van der Waals surface area (Å²) < 4.78 is 0. The van der Waals surface area contributed by atoms with Gasteiger partial charge in [-0.15, -0.1) is 0 Å². The van der Waals surface area contributed by atoms with Crippen LogP contribution in [0.2, 0.25) is 10.3 Å². The molecular weight excluding hydrogens is 291 g/mol. The first-order valence-electron chi connectivity index (χ1n) is 5.70. The second-order valence-corrected chi connectivity index (χ2v) is 4.86. The van der Waals surface area contributed by atoms with E-state index in [4.69, 9.17) is 28.3 Å². The predicted octanol–water partition coefficient (Wildman–Crippen LogP) is 2.57. The number of hydrogen-bond donors (Lipinski definition) is 1. The highest BCUT2D eigenvalue weighted by Gasteiger charge is 2.21. The van der Waals surface area contributed by atoms with Crippen LogP contribution in [-0.4, -0.2) is 40.0 Å². The van der Waals surface area contributed by atoms with E-state index >= 15 is 0 Å². The summed E-state index contributed by atoms with van der Waals surface area (Å²) >= 11 is 11.5. The van der Waals surface area contributed by atoms with E-state index < -0.39 is 11.9 Å². The van der Waals surface area contributed by atoms with Crippen LogP contribution < -0.4 is 0 Å². The molecule has 0 saturated heterocycles. The van der Waals surface area contributed by atoms with E-state index in [2.05, 4.69) is 4.98 Å². The summed E-state index contributed by atoms with van der Waals surface area (Å²) in [5, 5.41) is 9.12. The van der Waals surface area contributed by atoms with Crippen LogP contribution in [0.25, 0.3) is 0 Å². The predicted molar refractivity (Wildman–Crippen MR) is 72.6 cm³/mol. The van der Waals surface area contributed by atoms with Crippen molar-refractivity contribution >= 4 is 35.1 Å². The van der Waals surface area contributed by atoms with Crippen molar-refractivity contribution in [2.75, 3.05) is 13.1 Å². The fraction of sp³-hybridized carbons (Fsp3) is 0.417. The van der Waals surface area contributed by atoms with Crippen LogP contribution in [0.1, 0.15) is 24.2 Å². The molecule has 1 atom stereocenters. The molecular formula is C12H14Cl2N2O3. The summed E-state index contributed by atoms with van der Waals surface area (Å²) in [7, 11) is 0. The van der Waals surface area contributed by atoms with Gasteiger partial charge in [-0.3, -0.25) is 9.59 Å². The van der Waals surface area contributed by atoms with Gasteiger partial charge in [0.05, 0.1) is 5.92 Å². The van der Waals surface area contributed by atoms with Crippen LogP contribution in [-0.2, 0) is 4.79 Å². The van der Waals surface area contributed by atoms with E-state index in [-0.39, 0.29) is 22.8 Å². The highest BCUT2D eigenvalue weighted by atomic mass is 35.5. The minimum absolute atomic E-state index is 0.123. The molecule has 5 nitrogen and oxygen atoms in total. The molecule has 1 rings (SSSR count). The number of pyridine rings is 1. The molecule has 1 amide bonds. The van der Waals surface area contributed by atoms with E-state index in [1.165, 1.54) is 17.0 Å². The van der Waals surface area contributed by atoms with E-state index in [1.807, 2.05) is 0 Å². The number of nitrogens with zero attached hydrogens (tertiary/aromatic N) is 2. The third-order valence-corrected chi connectivity index (χ3v) is 2.98. The van der Waals surface area contributed by atoms with Gasteiger partial charge in [-0.2, -0.15) is 0 Å². The first-order valence-corrected chi connectivity index (χ1v) is 6.46. The van der Waals surface area contributed by atoms with Gasteiger partial charge in [-0.05, 0) is 19.1 Å². The van der Waals surface area contributed by atoms with Crippen molar-refractivity contribution in [3.05, 3.63) is 28.0 Å². The second-order valence-electron chi connectivity index (χ2n) is 4.08. The van der Waals surface area contributed by atoms with Crippen LogP contribution >= 0.6 is 23.2 Å². The Morgan fingerprint density at radius 3 is 2.32 bits per heavy atom. The Labute approximate surface area is 121 Å². The van der Waals surface area contributed by atoms with Crippen LogP contribution in [0.3, 0.4) is 0 Å². The van der Waals surface area contributed by atoms with E-state index in [0.717, 1.165) is 0 Å². The van der Waals surface area contributed by atoms with Gasteiger partial charge in [-0.1, -0.05) is 30.1 Å². The molecule has 1 unspecified atom stereocenters. The summed E-state index contributed by atoms with van der Waals surface area (Å²) in [6, 6.07) is 2.81. The lowest BCUT2D eigenvalue weighted by molar-refractivity contribution is -0.141. The molecule has 0 aliphatic heterocycles. The molecule has 0 fully saturated rings.